The lowest BCUT2D eigenvalue weighted by atomic mass is 9.84. The fourth-order valence-corrected chi connectivity index (χ4v) is 4.68. The Morgan fingerprint density at radius 1 is 0.719 bits per heavy atom. The molecule has 0 saturated carbocycles. The van der Waals surface area contributed by atoms with Gasteiger partial charge in [0, 0.05) is 0 Å². The molecule has 3 aromatic carbocycles. The second kappa shape index (κ2) is 8.75. The molecular formula is C27H30O5. The Hall–Kier alpha value is -3.18. The Kier molecular flexibility index (Phi) is 6.02. The van der Waals surface area contributed by atoms with Gasteiger partial charge < -0.3 is 25.2 Å². The molecule has 168 valence electrons. The third kappa shape index (κ3) is 4.26. The van der Waals surface area contributed by atoms with Crippen LogP contribution in [0.5, 0.6) is 23.0 Å². The molecule has 0 amide bonds. The van der Waals surface area contributed by atoms with Crippen molar-refractivity contribution in [1.29, 1.82) is 0 Å². The summed E-state index contributed by atoms with van der Waals surface area (Å²) in [6.45, 7) is 6.37. The van der Waals surface area contributed by atoms with Crippen LogP contribution < -0.4 is 0 Å². The van der Waals surface area contributed by atoms with Crippen LogP contribution in [-0.4, -0.2) is 20.4 Å². The first-order valence-corrected chi connectivity index (χ1v) is 11.0. The van der Waals surface area contributed by atoms with Crippen LogP contribution in [0.4, 0.5) is 0 Å². The topological polar surface area (TPSA) is 90.2 Å². The highest BCUT2D eigenvalue weighted by molar-refractivity contribution is 5.43. The summed E-state index contributed by atoms with van der Waals surface area (Å²) in [5, 5.41) is 39.6. The summed E-state index contributed by atoms with van der Waals surface area (Å²) in [5.74, 6) is 0.719. The molecule has 1 heterocycles. The average molecular weight is 435 g/mol. The highest BCUT2D eigenvalue weighted by Crippen LogP contribution is 2.50. The van der Waals surface area contributed by atoms with Crippen LogP contribution in [0.15, 0.2) is 60.7 Å². The van der Waals surface area contributed by atoms with Gasteiger partial charge in [-0.15, -0.1) is 0 Å². The molecular weight excluding hydrogens is 404 g/mol. The molecule has 0 aromatic heterocycles. The van der Waals surface area contributed by atoms with Gasteiger partial charge in [-0.3, -0.25) is 0 Å². The standard InChI is InChI=1S/C27H30O5/c1-15(12-18-4-8-21(28)9-5-18)22-13-19(6-10-23(22)29)26-16(2)17(3)27(32-26)20-7-11-24(30)25(31)14-20/h4-11,13-17,26-31H,12H2,1-3H3/t15?,16-,17-,26+,27-/m1/s1. The smallest absolute Gasteiger partial charge is 0.157 e. The maximum Gasteiger partial charge on any atom is 0.157 e. The van der Waals surface area contributed by atoms with E-state index in [0.29, 0.717) is 0 Å². The van der Waals surface area contributed by atoms with Gasteiger partial charge in [0.15, 0.2) is 11.5 Å². The molecule has 3 aromatic rings. The average Bonchev–Trinajstić information content (AvgIpc) is 3.07. The number of rotatable bonds is 5. The monoisotopic (exact) mass is 434 g/mol. The van der Waals surface area contributed by atoms with E-state index in [-0.39, 0.29) is 53.0 Å². The van der Waals surface area contributed by atoms with Crippen molar-refractivity contribution in [1.82, 2.24) is 0 Å². The van der Waals surface area contributed by atoms with Crippen molar-refractivity contribution in [3.05, 3.63) is 82.9 Å². The molecule has 5 heteroatoms. The lowest BCUT2D eigenvalue weighted by molar-refractivity contribution is 0.0288. The Balaban J connectivity index is 1.58. The molecule has 1 aliphatic rings. The number of benzene rings is 3. The van der Waals surface area contributed by atoms with E-state index in [2.05, 4.69) is 20.8 Å². The Bertz CT molecular complexity index is 1090. The predicted molar refractivity (Wildman–Crippen MR) is 123 cm³/mol. The van der Waals surface area contributed by atoms with Gasteiger partial charge in [0.2, 0.25) is 0 Å². The molecule has 1 saturated heterocycles. The van der Waals surface area contributed by atoms with Gasteiger partial charge in [-0.2, -0.15) is 0 Å². The second-order valence-corrected chi connectivity index (χ2v) is 9.03. The SMILES string of the molecule is CC(Cc1ccc(O)cc1)c1cc([C@H]2O[C@@H](c3ccc(O)c(O)c3)[C@H](C)[C@H]2C)ccc1O. The van der Waals surface area contributed by atoms with Gasteiger partial charge in [0.05, 0.1) is 12.2 Å². The van der Waals surface area contributed by atoms with E-state index >= 15 is 0 Å². The zero-order valence-electron chi connectivity index (χ0n) is 18.6. The van der Waals surface area contributed by atoms with Gasteiger partial charge in [-0.05, 0) is 82.8 Å². The lowest BCUT2D eigenvalue weighted by Gasteiger charge is -2.20. The van der Waals surface area contributed by atoms with E-state index in [1.807, 2.05) is 24.3 Å². The molecule has 1 unspecified atom stereocenters. The summed E-state index contributed by atoms with van der Waals surface area (Å²) in [6, 6.07) is 17.7. The highest BCUT2D eigenvalue weighted by Gasteiger charge is 2.41. The molecule has 0 bridgehead atoms. The summed E-state index contributed by atoms with van der Waals surface area (Å²) in [4.78, 5) is 0. The van der Waals surface area contributed by atoms with Crippen LogP contribution in [0.3, 0.4) is 0 Å². The fraction of sp³-hybridized carbons (Fsp3) is 0.333. The van der Waals surface area contributed by atoms with Crippen molar-refractivity contribution >= 4 is 0 Å². The Morgan fingerprint density at radius 2 is 1.28 bits per heavy atom. The predicted octanol–water partition coefficient (Wildman–Crippen LogP) is 5.94. The Morgan fingerprint density at radius 3 is 1.88 bits per heavy atom. The van der Waals surface area contributed by atoms with Crippen molar-refractivity contribution in [3.63, 3.8) is 0 Å². The van der Waals surface area contributed by atoms with Gasteiger partial charge in [0.25, 0.3) is 0 Å². The summed E-state index contributed by atoms with van der Waals surface area (Å²) in [7, 11) is 0. The second-order valence-electron chi connectivity index (χ2n) is 9.03. The molecule has 4 N–H and O–H groups in total. The van der Waals surface area contributed by atoms with E-state index in [4.69, 9.17) is 4.74 Å². The van der Waals surface area contributed by atoms with Crippen molar-refractivity contribution in [2.75, 3.05) is 0 Å². The van der Waals surface area contributed by atoms with Crippen LogP contribution >= 0.6 is 0 Å². The number of phenolic OH excluding ortho intramolecular Hbond substituents is 4. The maximum atomic E-state index is 10.5. The summed E-state index contributed by atoms with van der Waals surface area (Å²) in [5.41, 5.74) is 3.80. The summed E-state index contributed by atoms with van der Waals surface area (Å²) in [6.07, 6.45) is 0.392. The van der Waals surface area contributed by atoms with Gasteiger partial charge >= 0.3 is 0 Å². The van der Waals surface area contributed by atoms with Gasteiger partial charge in [0.1, 0.15) is 11.5 Å². The minimum atomic E-state index is -0.201. The molecule has 4 rings (SSSR count). The molecule has 0 spiro atoms. The number of ether oxygens (including phenoxy) is 1. The minimum absolute atomic E-state index is 0.0819. The normalized spacial score (nSPS) is 23.8. The van der Waals surface area contributed by atoms with Crippen molar-refractivity contribution in [2.24, 2.45) is 11.8 Å². The van der Waals surface area contributed by atoms with Crippen molar-refractivity contribution in [3.8, 4) is 23.0 Å². The van der Waals surface area contributed by atoms with E-state index in [9.17, 15) is 20.4 Å². The van der Waals surface area contributed by atoms with Crippen LogP contribution in [0.1, 0.15) is 61.2 Å². The molecule has 1 aliphatic heterocycles. The number of hydrogen-bond acceptors (Lipinski definition) is 5. The molecule has 5 nitrogen and oxygen atoms in total. The largest absolute Gasteiger partial charge is 0.508 e. The van der Waals surface area contributed by atoms with Crippen LogP contribution in [0, 0.1) is 11.8 Å². The van der Waals surface area contributed by atoms with E-state index in [1.165, 1.54) is 6.07 Å². The molecule has 5 atom stereocenters. The molecule has 1 fully saturated rings. The summed E-state index contributed by atoms with van der Waals surface area (Å²) >= 11 is 0. The molecule has 0 radical (unpaired) electrons. The van der Waals surface area contributed by atoms with Gasteiger partial charge in [-0.25, -0.2) is 0 Å². The third-order valence-corrected chi connectivity index (χ3v) is 6.79. The number of aromatic hydroxyl groups is 4. The van der Waals surface area contributed by atoms with Crippen LogP contribution in [-0.2, 0) is 11.2 Å². The van der Waals surface area contributed by atoms with Crippen LogP contribution in [0.2, 0.25) is 0 Å². The van der Waals surface area contributed by atoms with E-state index in [0.717, 1.165) is 28.7 Å². The minimum Gasteiger partial charge on any atom is -0.508 e. The van der Waals surface area contributed by atoms with Crippen molar-refractivity contribution in [2.45, 2.75) is 45.3 Å². The zero-order chi connectivity index (χ0) is 23.0. The van der Waals surface area contributed by atoms with E-state index in [1.54, 1.807) is 30.3 Å². The van der Waals surface area contributed by atoms with E-state index < -0.39 is 0 Å². The third-order valence-electron chi connectivity index (χ3n) is 6.79. The molecule has 32 heavy (non-hydrogen) atoms. The first-order valence-electron chi connectivity index (χ1n) is 11.0. The van der Waals surface area contributed by atoms with Crippen LogP contribution in [0.25, 0.3) is 0 Å². The summed E-state index contributed by atoms with van der Waals surface area (Å²) < 4.78 is 6.46. The first kappa shape index (κ1) is 22.0. The quantitative estimate of drug-likeness (QED) is 0.373. The molecule has 0 aliphatic carbocycles. The lowest BCUT2D eigenvalue weighted by Crippen LogP contribution is -2.10. The maximum absolute atomic E-state index is 10.5. The number of hydrogen-bond donors (Lipinski definition) is 4. The first-order chi connectivity index (χ1) is 15.2. The fourth-order valence-electron chi connectivity index (χ4n) is 4.68. The zero-order valence-corrected chi connectivity index (χ0v) is 18.6. The van der Waals surface area contributed by atoms with Crippen molar-refractivity contribution < 1.29 is 25.2 Å². The highest BCUT2D eigenvalue weighted by atomic mass is 16.5. The number of phenols is 4. The van der Waals surface area contributed by atoms with Gasteiger partial charge in [-0.1, -0.05) is 45.0 Å². The Labute approximate surface area is 188 Å².